The fourth-order valence-corrected chi connectivity index (χ4v) is 4.63. The molecule has 0 saturated carbocycles. The fraction of sp³-hybridized carbons (Fsp3) is 0.389. The van der Waals surface area contributed by atoms with Crippen molar-refractivity contribution in [2.24, 2.45) is 0 Å². The Bertz CT molecular complexity index is 1030. The van der Waals surface area contributed by atoms with Crippen LogP contribution in [0.5, 0.6) is 0 Å². The molecule has 1 aliphatic heterocycles. The van der Waals surface area contributed by atoms with E-state index in [0.29, 0.717) is 24.8 Å². The number of imidazole rings is 1. The van der Waals surface area contributed by atoms with Gasteiger partial charge in [-0.15, -0.1) is 0 Å². The summed E-state index contributed by atoms with van der Waals surface area (Å²) in [6.07, 6.45) is 5.86. The third-order valence-corrected chi connectivity index (χ3v) is 6.37. The van der Waals surface area contributed by atoms with Crippen LogP contribution in [0.25, 0.3) is 11.5 Å². The van der Waals surface area contributed by atoms with E-state index in [0.717, 1.165) is 30.4 Å². The van der Waals surface area contributed by atoms with Crippen LogP contribution in [0.3, 0.4) is 0 Å². The van der Waals surface area contributed by atoms with Gasteiger partial charge in [-0.05, 0) is 31.9 Å². The number of benzene rings is 1. The maximum Gasteiger partial charge on any atom is 0.262 e. The van der Waals surface area contributed by atoms with Crippen LogP contribution in [0, 0.1) is 6.92 Å². The Hall–Kier alpha value is -2.52. The van der Waals surface area contributed by atoms with Crippen molar-refractivity contribution in [2.45, 2.75) is 37.8 Å². The molecular formula is C18H21N5O3S. The third-order valence-electron chi connectivity index (χ3n) is 4.59. The summed E-state index contributed by atoms with van der Waals surface area (Å²) in [5, 5.41) is 4.05. The summed E-state index contributed by atoms with van der Waals surface area (Å²) >= 11 is 0. The molecule has 0 aliphatic carbocycles. The number of nitrogens with zero attached hydrogens (tertiary/aromatic N) is 5. The van der Waals surface area contributed by atoms with Gasteiger partial charge in [0.15, 0.2) is 10.9 Å². The molecule has 9 heteroatoms. The van der Waals surface area contributed by atoms with Crippen LogP contribution in [0.4, 0.5) is 0 Å². The topological polar surface area (TPSA) is 94.1 Å². The lowest BCUT2D eigenvalue weighted by atomic mass is 10.1. The van der Waals surface area contributed by atoms with E-state index in [1.54, 1.807) is 4.57 Å². The van der Waals surface area contributed by atoms with E-state index in [2.05, 4.69) is 15.1 Å². The Labute approximate surface area is 157 Å². The second-order valence-electron chi connectivity index (χ2n) is 6.73. The Morgan fingerprint density at radius 1 is 1.19 bits per heavy atom. The van der Waals surface area contributed by atoms with E-state index in [1.807, 2.05) is 31.2 Å². The first kappa shape index (κ1) is 17.9. The molecule has 8 nitrogen and oxygen atoms in total. The lowest BCUT2D eigenvalue weighted by molar-refractivity contribution is 0.345. The lowest BCUT2D eigenvalue weighted by Crippen LogP contribution is -2.35. The van der Waals surface area contributed by atoms with E-state index in [1.165, 1.54) is 16.8 Å². The Kier molecular flexibility index (Phi) is 4.79. The maximum absolute atomic E-state index is 12.7. The van der Waals surface area contributed by atoms with Crippen LogP contribution < -0.4 is 0 Å². The minimum atomic E-state index is -3.54. The first-order valence-electron chi connectivity index (χ1n) is 8.94. The second-order valence-corrected chi connectivity index (χ2v) is 8.62. The minimum absolute atomic E-state index is 0.0619. The third kappa shape index (κ3) is 3.79. The van der Waals surface area contributed by atoms with Crippen LogP contribution in [0.1, 0.15) is 30.7 Å². The van der Waals surface area contributed by atoms with Gasteiger partial charge in [0, 0.05) is 24.8 Å². The van der Waals surface area contributed by atoms with E-state index in [9.17, 15) is 8.42 Å². The Morgan fingerprint density at radius 2 is 2.00 bits per heavy atom. The summed E-state index contributed by atoms with van der Waals surface area (Å²) in [6.45, 7) is 3.40. The van der Waals surface area contributed by atoms with Gasteiger partial charge in [0.05, 0.1) is 12.9 Å². The summed E-state index contributed by atoms with van der Waals surface area (Å²) in [4.78, 5) is 8.47. The molecule has 0 bridgehead atoms. The molecule has 3 heterocycles. The summed E-state index contributed by atoms with van der Waals surface area (Å²) < 4.78 is 33.8. The highest BCUT2D eigenvalue weighted by molar-refractivity contribution is 7.89. The molecule has 3 aromatic rings. The predicted octanol–water partition coefficient (Wildman–Crippen LogP) is 2.46. The average molecular weight is 387 g/mol. The average Bonchev–Trinajstić information content (AvgIpc) is 3.33. The van der Waals surface area contributed by atoms with Crippen LogP contribution >= 0.6 is 0 Å². The van der Waals surface area contributed by atoms with Crippen LogP contribution in [-0.2, 0) is 16.6 Å². The molecule has 1 aromatic carbocycles. The summed E-state index contributed by atoms with van der Waals surface area (Å²) in [5.41, 5.74) is 1.96. The number of hydrogen-bond acceptors (Lipinski definition) is 6. The SMILES string of the molecule is Cc1cccc(-c2nc(Cn3cnc(S(=O)(=O)N4CCCCC4)c3)no2)c1. The minimum Gasteiger partial charge on any atom is -0.334 e. The van der Waals surface area contributed by atoms with E-state index in [-0.39, 0.29) is 11.6 Å². The molecule has 0 atom stereocenters. The molecule has 0 N–H and O–H groups in total. The zero-order valence-corrected chi connectivity index (χ0v) is 15.9. The van der Waals surface area contributed by atoms with Gasteiger partial charge < -0.3 is 9.09 Å². The van der Waals surface area contributed by atoms with Crippen molar-refractivity contribution in [1.82, 2.24) is 24.0 Å². The normalized spacial score (nSPS) is 15.9. The van der Waals surface area contributed by atoms with Crippen molar-refractivity contribution in [3.63, 3.8) is 0 Å². The van der Waals surface area contributed by atoms with Gasteiger partial charge in [-0.3, -0.25) is 0 Å². The molecule has 1 saturated heterocycles. The number of aryl methyl sites for hydroxylation is 1. The molecular weight excluding hydrogens is 366 g/mol. The van der Waals surface area contributed by atoms with E-state index in [4.69, 9.17) is 4.52 Å². The predicted molar refractivity (Wildman–Crippen MR) is 98.4 cm³/mol. The number of piperidine rings is 1. The zero-order chi connectivity index (χ0) is 18.9. The van der Waals surface area contributed by atoms with Gasteiger partial charge in [0.2, 0.25) is 0 Å². The summed E-state index contributed by atoms with van der Waals surface area (Å²) in [5.74, 6) is 0.904. The fourth-order valence-electron chi connectivity index (χ4n) is 3.17. The molecule has 0 amide bonds. The Balaban J connectivity index is 1.50. The summed E-state index contributed by atoms with van der Waals surface area (Å²) in [6, 6.07) is 7.81. The number of hydrogen-bond donors (Lipinski definition) is 0. The number of sulfonamides is 1. The first-order valence-corrected chi connectivity index (χ1v) is 10.4. The molecule has 0 spiro atoms. The van der Waals surface area contributed by atoms with Crippen LogP contribution in [0.15, 0.2) is 46.3 Å². The van der Waals surface area contributed by atoms with Crippen molar-refractivity contribution in [1.29, 1.82) is 0 Å². The van der Waals surface area contributed by atoms with Crippen molar-refractivity contribution in [2.75, 3.05) is 13.1 Å². The molecule has 0 unspecified atom stereocenters. The van der Waals surface area contributed by atoms with Crippen LogP contribution in [0.2, 0.25) is 0 Å². The Morgan fingerprint density at radius 3 is 2.78 bits per heavy atom. The molecule has 142 valence electrons. The van der Waals surface area contributed by atoms with Gasteiger partial charge >= 0.3 is 0 Å². The molecule has 0 radical (unpaired) electrons. The highest BCUT2D eigenvalue weighted by Gasteiger charge is 2.28. The number of rotatable bonds is 5. The maximum atomic E-state index is 12.7. The zero-order valence-electron chi connectivity index (χ0n) is 15.1. The first-order chi connectivity index (χ1) is 13.0. The van der Waals surface area contributed by atoms with Crippen molar-refractivity contribution < 1.29 is 12.9 Å². The smallest absolute Gasteiger partial charge is 0.262 e. The molecule has 1 aliphatic rings. The van der Waals surface area contributed by atoms with Crippen molar-refractivity contribution >= 4 is 10.0 Å². The highest BCUT2D eigenvalue weighted by atomic mass is 32.2. The monoisotopic (exact) mass is 387 g/mol. The van der Waals surface area contributed by atoms with Crippen LogP contribution in [-0.4, -0.2) is 45.5 Å². The summed E-state index contributed by atoms with van der Waals surface area (Å²) in [7, 11) is -3.54. The van der Waals surface area contributed by atoms with Gasteiger partial charge in [0.25, 0.3) is 15.9 Å². The van der Waals surface area contributed by atoms with Gasteiger partial charge in [0.1, 0.15) is 0 Å². The van der Waals surface area contributed by atoms with E-state index >= 15 is 0 Å². The molecule has 4 rings (SSSR count). The number of aromatic nitrogens is 4. The van der Waals surface area contributed by atoms with Gasteiger partial charge in [-0.1, -0.05) is 29.3 Å². The molecule has 27 heavy (non-hydrogen) atoms. The quantitative estimate of drug-likeness (QED) is 0.667. The van der Waals surface area contributed by atoms with Crippen molar-refractivity contribution in [3.05, 3.63) is 48.2 Å². The standard InChI is InChI=1S/C18H21N5O3S/c1-14-6-5-7-15(10-14)18-20-16(21-26-18)11-22-12-17(19-13-22)27(24,25)23-8-3-2-4-9-23/h5-7,10,12-13H,2-4,8-9,11H2,1H3. The van der Waals surface area contributed by atoms with Gasteiger partial charge in [-0.25, -0.2) is 13.4 Å². The highest BCUT2D eigenvalue weighted by Crippen LogP contribution is 2.20. The second kappa shape index (κ2) is 7.24. The van der Waals surface area contributed by atoms with E-state index < -0.39 is 10.0 Å². The molecule has 2 aromatic heterocycles. The van der Waals surface area contributed by atoms with Crippen molar-refractivity contribution in [3.8, 4) is 11.5 Å². The van der Waals surface area contributed by atoms with Gasteiger partial charge in [-0.2, -0.15) is 9.29 Å². The largest absolute Gasteiger partial charge is 0.334 e. The molecule has 1 fully saturated rings. The lowest BCUT2D eigenvalue weighted by Gasteiger charge is -2.24.